The molecule has 1 saturated carbocycles. The summed E-state index contributed by atoms with van der Waals surface area (Å²) in [6.45, 7) is 10.1. The Hall–Kier alpha value is -5.67. The number of aliphatic hydroxyl groups excluding tert-OH is 1. The molecule has 5 N–H and O–H groups in total. The standard InChI is InChI=1S/C56H68N6O8/c1-7-33-25-34-29-55(52(66)69-6,46-38(19-23-61(31-33)32-34)37-16-11-13-18-42(37)58-46)40-27-39-44(28-45(40)68-5)60(4)49-54(39)21-24-62-22-14-20-53(8-2,48(54)62)50(64)56(49,67)51(65)59-43(47(63)70-9-3)26-35-30-57-41-17-12-10-15-36(35)41/h10-18,20,27-28,30,33-34,43,48-50,57-58,64,67H,7-9,19,21-26,29,31-32H2,1-6H3,(H,59,65)/t33-,34+,43+,48+,49-,50-,53-,54-,55+,56+/m1/s1. The number of H-pyrrole nitrogens is 2. The minimum Gasteiger partial charge on any atom is -0.496 e. The zero-order valence-electron chi connectivity index (χ0n) is 41.3. The van der Waals surface area contributed by atoms with E-state index in [0.29, 0.717) is 49.6 Å². The Morgan fingerprint density at radius 3 is 2.47 bits per heavy atom. The fourth-order valence-corrected chi connectivity index (χ4v) is 15.2. The number of fused-ring (bicyclic) bond motifs is 7. The first kappa shape index (κ1) is 46.7. The van der Waals surface area contributed by atoms with Gasteiger partial charge in [0.15, 0.2) is 5.60 Å². The minimum atomic E-state index is -2.47. The maximum absolute atomic E-state index is 15.7. The van der Waals surface area contributed by atoms with Gasteiger partial charge in [-0.2, -0.15) is 0 Å². The first-order valence-electron chi connectivity index (χ1n) is 25.6. The van der Waals surface area contributed by atoms with E-state index in [1.165, 1.54) is 7.11 Å². The van der Waals surface area contributed by atoms with Crippen LogP contribution < -0.4 is 15.0 Å². The predicted octanol–water partition coefficient (Wildman–Crippen LogP) is 5.90. The third-order valence-corrected chi connectivity index (χ3v) is 18.1. The number of aromatic amines is 2. The molecule has 5 aromatic rings. The number of likely N-dealkylation sites (N-methyl/N-ethyl adjacent to an activating group) is 1. The van der Waals surface area contributed by atoms with Crippen molar-refractivity contribution < 1.29 is 38.8 Å². The second kappa shape index (κ2) is 17.3. The Morgan fingerprint density at radius 1 is 0.957 bits per heavy atom. The average molecular weight is 953 g/mol. The number of anilines is 1. The molecule has 7 heterocycles. The lowest BCUT2D eigenvalue weighted by molar-refractivity contribution is -0.204. The zero-order chi connectivity index (χ0) is 48.9. The van der Waals surface area contributed by atoms with Crippen molar-refractivity contribution >= 4 is 45.3 Å². The largest absolute Gasteiger partial charge is 0.496 e. The van der Waals surface area contributed by atoms with E-state index >= 15 is 9.59 Å². The number of amides is 1. The highest BCUT2D eigenvalue weighted by atomic mass is 16.5. The molecule has 14 nitrogen and oxygen atoms in total. The van der Waals surface area contributed by atoms with E-state index in [9.17, 15) is 15.0 Å². The maximum Gasteiger partial charge on any atom is 0.328 e. The second-order valence-corrected chi connectivity index (χ2v) is 21.2. The number of nitrogens with zero attached hydrogens (tertiary/aromatic N) is 3. The average Bonchev–Trinajstić information content (AvgIpc) is 4.15. The van der Waals surface area contributed by atoms with Gasteiger partial charge in [0.1, 0.15) is 23.3 Å². The maximum atomic E-state index is 15.7. The van der Waals surface area contributed by atoms with Gasteiger partial charge in [0, 0.05) is 108 Å². The lowest BCUT2D eigenvalue weighted by atomic mass is 9.47. The lowest BCUT2D eigenvalue weighted by Crippen LogP contribution is -2.82. The summed E-state index contributed by atoms with van der Waals surface area (Å²) in [5.41, 5.74) is 0.935. The molecule has 1 unspecified atom stereocenters. The molecule has 370 valence electrons. The van der Waals surface area contributed by atoms with Gasteiger partial charge in [0.2, 0.25) is 0 Å². The van der Waals surface area contributed by atoms with E-state index in [2.05, 4.69) is 62.3 Å². The van der Waals surface area contributed by atoms with E-state index in [1.54, 1.807) is 14.0 Å². The van der Waals surface area contributed by atoms with Gasteiger partial charge in [0.25, 0.3) is 5.91 Å². The molecule has 3 aromatic carbocycles. The molecule has 70 heavy (non-hydrogen) atoms. The number of aromatic nitrogens is 2. The summed E-state index contributed by atoms with van der Waals surface area (Å²) < 4.78 is 18.1. The Kier molecular flexibility index (Phi) is 11.5. The molecule has 2 saturated heterocycles. The third kappa shape index (κ3) is 6.47. The zero-order valence-corrected chi connectivity index (χ0v) is 41.3. The predicted molar refractivity (Wildman–Crippen MR) is 268 cm³/mol. The van der Waals surface area contributed by atoms with Crippen LogP contribution in [-0.4, -0.2) is 138 Å². The number of carbonyl (C=O) groups excluding carboxylic acids is 3. The summed E-state index contributed by atoms with van der Waals surface area (Å²) in [5, 5.41) is 32.0. The van der Waals surface area contributed by atoms with Crippen molar-refractivity contribution in [1.29, 1.82) is 0 Å². The number of ether oxygens (including phenoxy) is 3. The van der Waals surface area contributed by atoms with Crippen LogP contribution in [0.25, 0.3) is 21.8 Å². The summed E-state index contributed by atoms with van der Waals surface area (Å²) >= 11 is 0. The van der Waals surface area contributed by atoms with Gasteiger partial charge >= 0.3 is 11.9 Å². The summed E-state index contributed by atoms with van der Waals surface area (Å²) in [5.74, 6) is -0.750. The van der Waals surface area contributed by atoms with Crippen LogP contribution in [0, 0.1) is 17.3 Å². The normalized spacial score (nSPS) is 32.5. The number of rotatable bonds is 11. The van der Waals surface area contributed by atoms with Crippen LogP contribution >= 0.6 is 0 Å². The van der Waals surface area contributed by atoms with Gasteiger partial charge in [-0.1, -0.05) is 68.8 Å². The molecule has 6 aliphatic rings. The van der Waals surface area contributed by atoms with Crippen molar-refractivity contribution in [2.75, 3.05) is 65.5 Å². The van der Waals surface area contributed by atoms with Gasteiger partial charge in [-0.3, -0.25) is 14.5 Å². The molecule has 2 aromatic heterocycles. The highest BCUT2D eigenvalue weighted by Gasteiger charge is 2.79. The Balaban J connectivity index is 1.12. The molecule has 11 rings (SSSR count). The van der Waals surface area contributed by atoms with E-state index in [1.807, 2.05) is 67.5 Å². The van der Waals surface area contributed by atoms with Crippen LogP contribution in [0.3, 0.4) is 0 Å². The Labute approximate surface area is 409 Å². The van der Waals surface area contributed by atoms with Crippen LogP contribution in [-0.2, 0) is 47.5 Å². The fraction of sp³-hybridized carbons (Fsp3) is 0.518. The summed E-state index contributed by atoms with van der Waals surface area (Å²) in [6, 6.07) is 17.6. The van der Waals surface area contributed by atoms with Gasteiger partial charge in [-0.15, -0.1) is 0 Å². The topological polar surface area (TPSA) is 173 Å². The number of nitrogens with one attached hydrogen (secondary N) is 3. The van der Waals surface area contributed by atoms with Gasteiger partial charge in [0.05, 0.1) is 26.9 Å². The van der Waals surface area contributed by atoms with Crippen LogP contribution in [0.1, 0.15) is 80.8 Å². The molecule has 1 aliphatic carbocycles. The van der Waals surface area contributed by atoms with Crippen molar-refractivity contribution in [1.82, 2.24) is 25.1 Å². The van der Waals surface area contributed by atoms with Crippen LogP contribution in [0.2, 0.25) is 0 Å². The molecular formula is C56H68N6O8. The molecule has 11 atom stereocenters. The molecule has 3 fully saturated rings. The third-order valence-electron chi connectivity index (χ3n) is 18.1. The Morgan fingerprint density at radius 2 is 1.73 bits per heavy atom. The van der Waals surface area contributed by atoms with Crippen molar-refractivity contribution in [3.05, 3.63) is 107 Å². The van der Waals surface area contributed by atoms with Crippen molar-refractivity contribution in [3.63, 3.8) is 0 Å². The number of hydrogen-bond acceptors (Lipinski definition) is 11. The number of carbonyl (C=O) groups is 3. The summed E-state index contributed by atoms with van der Waals surface area (Å²) in [6.07, 6.45) is 8.59. The molecule has 1 amide bonds. The molecule has 5 aliphatic heterocycles. The van der Waals surface area contributed by atoms with Crippen molar-refractivity contribution in [2.24, 2.45) is 17.3 Å². The smallest absolute Gasteiger partial charge is 0.328 e. The number of piperidine rings is 1. The van der Waals surface area contributed by atoms with Gasteiger partial charge < -0.3 is 49.5 Å². The van der Waals surface area contributed by atoms with E-state index < -0.39 is 51.9 Å². The monoisotopic (exact) mass is 953 g/mol. The van der Waals surface area contributed by atoms with Crippen LogP contribution in [0.15, 0.2) is 79.0 Å². The van der Waals surface area contributed by atoms with E-state index in [0.717, 1.165) is 88.8 Å². The quantitative estimate of drug-likeness (QED) is 0.0789. The molecule has 1 spiro atoms. The second-order valence-electron chi connectivity index (χ2n) is 21.2. The molecule has 2 bridgehead atoms. The van der Waals surface area contributed by atoms with Gasteiger partial charge in [-0.05, 0) is 92.3 Å². The lowest BCUT2D eigenvalue weighted by Gasteiger charge is -2.63. The molecular weight excluding hydrogens is 885 g/mol. The molecule has 0 radical (unpaired) electrons. The SMILES string of the molecule is CCOC(=O)[C@H](Cc1c[nH]c2ccccc12)NC(=O)[C@@]1(O)[C@H](O)[C@]2(CC)C=CCN3CC[C@@]4(c5cc([C@@]6(C(=O)OC)C[C@@H]7C[C@@H](CC)CN(CCc8c6[nH]c6ccccc86)C7)c(OC)cc5N(C)[C@@H]14)[C@@H]32. The fourth-order valence-electron chi connectivity index (χ4n) is 15.2. The highest BCUT2D eigenvalue weighted by Crippen LogP contribution is 2.67. The number of benzene rings is 3. The summed E-state index contributed by atoms with van der Waals surface area (Å²) in [4.78, 5) is 59.2. The van der Waals surface area contributed by atoms with E-state index in [4.69, 9.17) is 14.2 Å². The number of aliphatic hydroxyl groups is 2. The number of hydrogen-bond donors (Lipinski definition) is 5. The van der Waals surface area contributed by atoms with E-state index in [-0.39, 0.29) is 31.0 Å². The highest BCUT2D eigenvalue weighted by molar-refractivity contribution is 5.96. The van der Waals surface area contributed by atoms with Crippen LogP contribution in [0.5, 0.6) is 5.75 Å². The number of methoxy groups -OCH3 is 2. The number of para-hydroxylation sites is 2. The number of esters is 2. The minimum absolute atomic E-state index is 0.0888. The van der Waals surface area contributed by atoms with Gasteiger partial charge in [-0.25, -0.2) is 4.79 Å². The molecule has 14 heteroatoms. The van der Waals surface area contributed by atoms with Crippen molar-refractivity contribution in [2.45, 2.75) is 106 Å². The summed E-state index contributed by atoms with van der Waals surface area (Å²) in [7, 11) is 4.99. The van der Waals surface area contributed by atoms with Crippen molar-refractivity contribution in [3.8, 4) is 5.75 Å². The first-order chi connectivity index (χ1) is 33.8. The first-order valence-corrected chi connectivity index (χ1v) is 25.6. The Bertz CT molecular complexity index is 2910. The van der Waals surface area contributed by atoms with Crippen LogP contribution in [0.4, 0.5) is 5.69 Å².